The second-order valence-electron chi connectivity index (χ2n) is 4.30. The molecule has 0 aliphatic rings. The highest BCUT2D eigenvalue weighted by Gasteiger charge is 2.06. The van der Waals surface area contributed by atoms with Gasteiger partial charge in [0, 0.05) is 18.0 Å². The Morgan fingerprint density at radius 3 is 2.65 bits per heavy atom. The van der Waals surface area contributed by atoms with Gasteiger partial charge in [0.25, 0.3) is 5.91 Å². The third kappa shape index (κ3) is 2.29. The van der Waals surface area contributed by atoms with E-state index in [2.05, 4.69) is 9.97 Å². The third-order valence-electron chi connectivity index (χ3n) is 2.95. The second kappa shape index (κ2) is 4.97. The van der Waals surface area contributed by atoms with E-state index in [9.17, 15) is 4.79 Å². The highest BCUT2D eigenvalue weighted by molar-refractivity contribution is 5.91. The SMILES string of the molecule is NC(=O)c1cc(-n2cnc(-c3ccccc3)c2)ccn1. The molecule has 0 aliphatic carbocycles. The van der Waals surface area contributed by atoms with Crippen LogP contribution < -0.4 is 5.73 Å². The summed E-state index contributed by atoms with van der Waals surface area (Å²) in [5, 5.41) is 0. The Balaban J connectivity index is 1.98. The maximum absolute atomic E-state index is 11.1. The van der Waals surface area contributed by atoms with Gasteiger partial charge in [-0.3, -0.25) is 9.78 Å². The van der Waals surface area contributed by atoms with Crippen LogP contribution in [0, 0.1) is 0 Å². The van der Waals surface area contributed by atoms with Crippen LogP contribution in [0.5, 0.6) is 0 Å². The molecule has 5 heteroatoms. The number of hydrogen-bond acceptors (Lipinski definition) is 3. The van der Waals surface area contributed by atoms with Gasteiger partial charge in [-0.05, 0) is 12.1 Å². The molecule has 20 heavy (non-hydrogen) atoms. The van der Waals surface area contributed by atoms with Gasteiger partial charge in [-0.25, -0.2) is 4.98 Å². The third-order valence-corrected chi connectivity index (χ3v) is 2.95. The molecule has 0 bridgehead atoms. The number of rotatable bonds is 3. The standard InChI is InChI=1S/C15H12N4O/c16-15(20)13-8-12(6-7-17-13)19-9-14(18-10-19)11-4-2-1-3-5-11/h1-10H,(H2,16,20). The quantitative estimate of drug-likeness (QED) is 0.786. The second-order valence-corrected chi connectivity index (χ2v) is 4.30. The van der Waals surface area contributed by atoms with Gasteiger partial charge in [0.05, 0.1) is 17.7 Å². The zero-order valence-corrected chi connectivity index (χ0v) is 10.6. The molecule has 1 amide bonds. The minimum atomic E-state index is -0.546. The molecular formula is C15H12N4O. The number of aromatic nitrogens is 3. The van der Waals surface area contributed by atoms with Crippen molar-refractivity contribution in [3.05, 3.63) is 66.9 Å². The van der Waals surface area contributed by atoms with E-state index in [-0.39, 0.29) is 5.69 Å². The van der Waals surface area contributed by atoms with Gasteiger partial charge in [0.15, 0.2) is 0 Å². The first-order chi connectivity index (χ1) is 9.74. The Kier molecular flexibility index (Phi) is 3.01. The molecule has 0 fully saturated rings. The molecule has 3 rings (SSSR count). The molecule has 0 saturated heterocycles. The fourth-order valence-corrected chi connectivity index (χ4v) is 1.94. The van der Waals surface area contributed by atoms with Crippen molar-refractivity contribution in [1.29, 1.82) is 0 Å². The summed E-state index contributed by atoms with van der Waals surface area (Å²) in [4.78, 5) is 19.4. The summed E-state index contributed by atoms with van der Waals surface area (Å²) in [6.45, 7) is 0. The Labute approximate surface area is 115 Å². The molecule has 98 valence electrons. The van der Waals surface area contributed by atoms with Gasteiger partial charge in [0.1, 0.15) is 5.69 Å². The number of benzene rings is 1. The summed E-state index contributed by atoms with van der Waals surface area (Å²) >= 11 is 0. The molecule has 0 saturated carbocycles. The molecule has 2 aromatic heterocycles. The molecular weight excluding hydrogens is 252 g/mol. The average molecular weight is 264 g/mol. The van der Waals surface area contributed by atoms with Crippen molar-refractivity contribution in [2.45, 2.75) is 0 Å². The van der Waals surface area contributed by atoms with Crippen LogP contribution in [0.2, 0.25) is 0 Å². The highest BCUT2D eigenvalue weighted by Crippen LogP contribution is 2.18. The normalized spacial score (nSPS) is 10.4. The van der Waals surface area contributed by atoms with Crippen molar-refractivity contribution < 1.29 is 4.79 Å². The minimum absolute atomic E-state index is 0.234. The zero-order valence-electron chi connectivity index (χ0n) is 10.6. The van der Waals surface area contributed by atoms with Gasteiger partial charge in [-0.15, -0.1) is 0 Å². The van der Waals surface area contributed by atoms with Crippen LogP contribution >= 0.6 is 0 Å². The first-order valence-electron chi connectivity index (χ1n) is 6.10. The van der Waals surface area contributed by atoms with Crippen LogP contribution in [0.25, 0.3) is 16.9 Å². The van der Waals surface area contributed by atoms with Gasteiger partial charge in [-0.1, -0.05) is 30.3 Å². The number of carbonyl (C=O) groups excluding carboxylic acids is 1. The topological polar surface area (TPSA) is 73.8 Å². The molecule has 2 heterocycles. The lowest BCUT2D eigenvalue weighted by atomic mass is 10.2. The molecule has 0 radical (unpaired) electrons. The molecule has 1 aromatic carbocycles. The van der Waals surface area contributed by atoms with Gasteiger partial charge < -0.3 is 10.3 Å². The van der Waals surface area contributed by atoms with Crippen molar-refractivity contribution in [3.63, 3.8) is 0 Å². The fraction of sp³-hybridized carbons (Fsp3) is 0. The van der Waals surface area contributed by atoms with E-state index < -0.39 is 5.91 Å². The van der Waals surface area contributed by atoms with Gasteiger partial charge in [0.2, 0.25) is 0 Å². The van der Waals surface area contributed by atoms with E-state index in [0.29, 0.717) is 0 Å². The van der Waals surface area contributed by atoms with E-state index in [1.807, 2.05) is 41.1 Å². The van der Waals surface area contributed by atoms with Crippen molar-refractivity contribution in [2.75, 3.05) is 0 Å². The Hall–Kier alpha value is -2.95. The lowest BCUT2D eigenvalue weighted by Gasteiger charge is -2.02. The van der Waals surface area contributed by atoms with Crippen molar-refractivity contribution in [1.82, 2.24) is 14.5 Å². The monoisotopic (exact) mass is 264 g/mol. The van der Waals surface area contributed by atoms with Crippen LogP contribution in [-0.4, -0.2) is 20.4 Å². The predicted octanol–water partition coefficient (Wildman–Crippen LogP) is 2.03. The first-order valence-corrected chi connectivity index (χ1v) is 6.10. The maximum Gasteiger partial charge on any atom is 0.267 e. The van der Waals surface area contributed by atoms with Crippen LogP contribution in [0.15, 0.2) is 61.2 Å². The van der Waals surface area contributed by atoms with Crippen molar-refractivity contribution >= 4 is 5.91 Å². The zero-order chi connectivity index (χ0) is 13.9. The number of nitrogens with two attached hydrogens (primary N) is 1. The lowest BCUT2D eigenvalue weighted by molar-refractivity contribution is 0.0995. The van der Waals surface area contributed by atoms with Gasteiger partial charge >= 0.3 is 0 Å². The van der Waals surface area contributed by atoms with Crippen LogP contribution in [0.3, 0.4) is 0 Å². The van der Waals surface area contributed by atoms with E-state index in [4.69, 9.17) is 5.73 Å². The number of primary amides is 1. The van der Waals surface area contributed by atoms with Crippen LogP contribution in [-0.2, 0) is 0 Å². The first kappa shape index (κ1) is 12.1. The van der Waals surface area contributed by atoms with E-state index in [1.54, 1.807) is 24.7 Å². The number of nitrogens with zero attached hydrogens (tertiary/aromatic N) is 3. The Morgan fingerprint density at radius 1 is 1.10 bits per heavy atom. The number of pyridine rings is 1. The number of amides is 1. The summed E-state index contributed by atoms with van der Waals surface area (Å²) < 4.78 is 1.83. The lowest BCUT2D eigenvalue weighted by Crippen LogP contribution is -2.13. The predicted molar refractivity (Wildman–Crippen MR) is 75.3 cm³/mol. The molecule has 2 N–H and O–H groups in total. The largest absolute Gasteiger partial charge is 0.364 e. The number of carbonyl (C=O) groups is 1. The Morgan fingerprint density at radius 2 is 1.90 bits per heavy atom. The van der Waals surface area contributed by atoms with E-state index in [0.717, 1.165) is 16.9 Å². The van der Waals surface area contributed by atoms with E-state index in [1.165, 1.54) is 0 Å². The summed E-state index contributed by atoms with van der Waals surface area (Å²) in [6, 6.07) is 13.3. The van der Waals surface area contributed by atoms with Crippen LogP contribution in [0.1, 0.15) is 10.5 Å². The summed E-state index contributed by atoms with van der Waals surface area (Å²) in [7, 11) is 0. The fourth-order valence-electron chi connectivity index (χ4n) is 1.94. The molecule has 0 aliphatic heterocycles. The Bertz CT molecular complexity index is 749. The van der Waals surface area contributed by atoms with Gasteiger partial charge in [-0.2, -0.15) is 0 Å². The average Bonchev–Trinajstić information content (AvgIpc) is 2.98. The number of imidazole rings is 1. The van der Waals surface area contributed by atoms with Crippen LogP contribution in [0.4, 0.5) is 0 Å². The summed E-state index contributed by atoms with van der Waals surface area (Å²) in [6.07, 6.45) is 5.15. The molecule has 3 aromatic rings. The molecule has 5 nitrogen and oxygen atoms in total. The van der Waals surface area contributed by atoms with Crippen molar-refractivity contribution in [3.8, 4) is 16.9 Å². The molecule has 0 unspecified atom stereocenters. The summed E-state index contributed by atoms with van der Waals surface area (Å²) in [5.41, 5.74) is 8.16. The maximum atomic E-state index is 11.1. The smallest absolute Gasteiger partial charge is 0.267 e. The molecule has 0 atom stereocenters. The highest BCUT2D eigenvalue weighted by atomic mass is 16.1. The van der Waals surface area contributed by atoms with Crippen molar-refractivity contribution in [2.24, 2.45) is 5.73 Å². The minimum Gasteiger partial charge on any atom is -0.364 e. The number of hydrogen-bond donors (Lipinski definition) is 1. The van der Waals surface area contributed by atoms with E-state index >= 15 is 0 Å². The molecule has 0 spiro atoms. The summed E-state index contributed by atoms with van der Waals surface area (Å²) in [5.74, 6) is -0.546.